The molecule has 0 unspecified atom stereocenters. The quantitative estimate of drug-likeness (QED) is 0.271. The van der Waals surface area contributed by atoms with Crippen LogP contribution in [0.4, 0.5) is 5.82 Å². The van der Waals surface area contributed by atoms with E-state index >= 15 is 0 Å². The maximum Gasteiger partial charge on any atom is 0.226 e. The average molecular weight is 484 g/mol. The summed E-state index contributed by atoms with van der Waals surface area (Å²) in [7, 11) is 2.08. The highest BCUT2D eigenvalue weighted by Gasteiger charge is 2.22. The van der Waals surface area contributed by atoms with Gasteiger partial charge in [0.1, 0.15) is 5.82 Å². The van der Waals surface area contributed by atoms with Gasteiger partial charge in [-0.15, -0.1) is 0 Å². The number of rotatable bonds is 9. The lowest BCUT2D eigenvalue weighted by atomic mass is 10.1. The van der Waals surface area contributed by atoms with Crippen LogP contribution in [0, 0.1) is 0 Å². The number of hydroxylamine groups is 1. The van der Waals surface area contributed by atoms with Crippen molar-refractivity contribution >= 4 is 34.7 Å². The molecular formula is C24H30ClN7O2. The van der Waals surface area contributed by atoms with Crippen LogP contribution in [-0.4, -0.2) is 63.0 Å². The number of nitrogens with zero attached hydrogens (tertiary/aromatic N) is 6. The summed E-state index contributed by atoms with van der Waals surface area (Å²) in [6.45, 7) is 10.8. The van der Waals surface area contributed by atoms with Crippen LogP contribution in [0.15, 0.2) is 42.6 Å². The summed E-state index contributed by atoms with van der Waals surface area (Å²) >= 11 is 6.30. The van der Waals surface area contributed by atoms with Crippen LogP contribution in [0.25, 0.3) is 17.2 Å². The van der Waals surface area contributed by atoms with Crippen LogP contribution >= 0.6 is 11.6 Å². The fourth-order valence-electron chi connectivity index (χ4n) is 4.03. The molecule has 0 spiro atoms. The number of morpholine rings is 1. The van der Waals surface area contributed by atoms with Crippen LogP contribution in [0.3, 0.4) is 0 Å². The molecule has 1 aliphatic heterocycles. The van der Waals surface area contributed by atoms with E-state index in [2.05, 4.69) is 57.0 Å². The molecule has 2 N–H and O–H groups in total. The molecule has 0 atom stereocenters. The van der Waals surface area contributed by atoms with Gasteiger partial charge < -0.3 is 14.2 Å². The SMILES string of the molecule is C=C(/C=C/c1ccc(CN(C)Cc2nc3c(N4CCOCC4)nc(Cl)nc3n2CC)cc1)NO. The largest absolute Gasteiger partial charge is 0.378 e. The van der Waals surface area contributed by atoms with E-state index in [-0.39, 0.29) is 5.28 Å². The number of allylic oxidation sites excluding steroid dienone is 1. The second-order valence-corrected chi connectivity index (χ2v) is 8.58. The van der Waals surface area contributed by atoms with Gasteiger partial charge in [0.2, 0.25) is 5.28 Å². The molecule has 0 bridgehead atoms. The molecule has 9 nitrogen and oxygen atoms in total. The highest BCUT2D eigenvalue weighted by Crippen LogP contribution is 2.27. The summed E-state index contributed by atoms with van der Waals surface area (Å²) in [6, 6.07) is 8.27. The Labute approximate surface area is 204 Å². The Hall–Kier alpha value is -2.98. The number of benzene rings is 1. The van der Waals surface area contributed by atoms with Crippen molar-refractivity contribution in [1.29, 1.82) is 0 Å². The fourth-order valence-corrected chi connectivity index (χ4v) is 4.19. The van der Waals surface area contributed by atoms with Crippen LogP contribution < -0.4 is 10.4 Å². The topological polar surface area (TPSA) is 91.6 Å². The lowest BCUT2D eigenvalue weighted by molar-refractivity contribution is 0.122. The highest BCUT2D eigenvalue weighted by atomic mass is 35.5. The van der Waals surface area contributed by atoms with Crippen LogP contribution in [0.1, 0.15) is 23.9 Å². The number of halogens is 1. The Bertz CT molecular complexity index is 1170. The first-order valence-electron chi connectivity index (χ1n) is 11.3. The van der Waals surface area contributed by atoms with Crippen molar-refractivity contribution in [2.45, 2.75) is 26.6 Å². The maximum absolute atomic E-state index is 8.82. The molecule has 34 heavy (non-hydrogen) atoms. The molecule has 2 aromatic heterocycles. The predicted octanol–water partition coefficient (Wildman–Crippen LogP) is 3.47. The zero-order valence-electron chi connectivity index (χ0n) is 19.5. The van der Waals surface area contributed by atoms with Crippen LogP contribution in [0.5, 0.6) is 0 Å². The molecule has 1 saturated heterocycles. The van der Waals surface area contributed by atoms with Crippen molar-refractivity contribution in [2.24, 2.45) is 0 Å². The molecule has 0 radical (unpaired) electrons. The highest BCUT2D eigenvalue weighted by molar-refractivity contribution is 6.28. The van der Waals surface area contributed by atoms with Crippen molar-refractivity contribution in [3.05, 3.63) is 64.9 Å². The number of anilines is 1. The summed E-state index contributed by atoms with van der Waals surface area (Å²) in [5.41, 5.74) is 6.22. The second-order valence-electron chi connectivity index (χ2n) is 8.24. The first-order valence-corrected chi connectivity index (χ1v) is 11.7. The third-order valence-corrected chi connectivity index (χ3v) is 5.89. The molecule has 3 aromatic rings. The van der Waals surface area contributed by atoms with Crippen molar-refractivity contribution < 1.29 is 9.94 Å². The number of ether oxygens (including phenoxy) is 1. The van der Waals surface area contributed by atoms with E-state index in [1.165, 1.54) is 5.56 Å². The lowest BCUT2D eigenvalue weighted by Gasteiger charge is -2.27. The van der Waals surface area contributed by atoms with Gasteiger partial charge in [-0.3, -0.25) is 15.6 Å². The first kappa shape index (κ1) is 24.2. The number of fused-ring (bicyclic) bond motifs is 1. The van der Waals surface area contributed by atoms with Gasteiger partial charge in [-0.25, -0.2) is 4.98 Å². The summed E-state index contributed by atoms with van der Waals surface area (Å²) in [6.07, 6.45) is 3.61. The van der Waals surface area contributed by atoms with Crippen molar-refractivity contribution in [3.8, 4) is 0 Å². The summed E-state index contributed by atoms with van der Waals surface area (Å²) in [4.78, 5) is 18.4. The molecule has 0 saturated carbocycles. The van der Waals surface area contributed by atoms with Gasteiger partial charge in [0.25, 0.3) is 0 Å². The van der Waals surface area contributed by atoms with Gasteiger partial charge in [-0.2, -0.15) is 9.97 Å². The number of aromatic nitrogens is 4. The minimum absolute atomic E-state index is 0.232. The van der Waals surface area contributed by atoms with Crippen LogP contribution in [0.2, 0.25) is 5.28 Å². The van der Waals surface area contributed by atoms with Crippen LogP contribution in [-0.2, 0) is 24.4 Å². The Kier molecular flexibility index (Phi) is 7.79. The van der Waals surface area contributed by atoms with E-state index in [4.69, 9.17) is 26.5 Å². The van der Waals surface area contributed by atoms with E-state index in [0.717, 1.165) is 54.5 Å². The van der Waals surface area contributed by atoms with Gasteiger partial charge in [0, 0.05) is 26.2 Å². The molecule has 1 fully saturated rings. The number of imidazole rings is 1. The molecule has 1 aliphatic rings. The van der Waals surface area contributed by atoms with Gasteiger partial charge in [-0.05, 0) is 42.8 Å². The van der Waals surface area contributed by atoms with Gasteiger partial charge >= 0.3 is 0 Å². The monoisotopic (exact) mass is 483 g/mol. The molecule has 3 heterocycles. The standard InChI is InChI=1S/C24H30ClN7O2/c1-4-32-20(16-30(3)15-19-9-7-18(8-10-19)6-5-17(2)29-33)26-21-22(27-24(25)28-23(21)32)31-11-13-34-14-12-31/h5-10,29,33H,2,4,11-16H2,1,3H3/b6-5+. The predicted molar refractivity (Wildman–Crippen MR) is 134 cm³/mol. The zero-order chi connectivity index (χ0) is 24.1. The minimum Gasteiger partial charge on any atom is -0.378 e. The van der Waals surface area contributed by atoms with Gasteiger partial charge in [0.05, 0.1) is 25.5 Å². The van der Waals surface area contributed by atoms with E-state index in [1.807, 2.05) is 23.7 Å². The number of hydrogen-bond donors (Lipinski definition) is 2. The lowest BCUT2D eigenvalue weighted by Crippen LogP contribution is -2.37. The summed E-state index contributed by atoms with van der Waals surface area (Å²) < 4.78 is 7.60. The number of nitrogens with one attached hydrogen (secondary N) is 1. The smallest absolute Gasteiger partial charge is 0.226 e. The molecule has 10 heteroatoms. The average Bonchev–Trinajstić information content (AvgIpc) is 3.19. The zero-order valence-corrected chi connectivity index (χ0v) is 20.3. The van der Waals surface area contributed by atoms with Crippen molar-refractivity contribution in [2.75, 3.05) is 38.3 Å². The van der Waals surface area contributed by atoms with E-state index in [9.17, 15) is 0 Å². The maximum atomic E-state index is 8.82. The summed E-state index contributed by atoms with van der Waals surface area (Å²) in [5, 5.41) is 9.05. The first-order chi connectivity index (χ1) is 16.5. The summed E-state index contributed by atoms with van der Waals surface area (Å²) in [5.74, 6) is 1.71. The number of aryl methyl sites for hydroxylation is 1. The molecule has 1 aromatic carbocycles. The third kappa shape index (κ3) is 5.56. The van der Waals surface area contributed by atoms with E-state index < -0.39 is 0 Å². The van der Waals surface area contributed by atoms with Crippen molar-refractivity contribution in [1.82, 2.24) is 29.9 Å². The third-order valence-electron chi connectivity index (χ3n) is 5.72. The molecule has 180 valence electrons. The van der Waals surface area contributed by atoms with Crippen molar-refractivity contribution in [3.63, 3.8) is 0 Å². The Morgan fingerprint density at radius 3 is 2.62 bits per heavy atom. The van der Waals surface area contributed by atoms with Gasteiger partial charge in [-0.1, -0.05) is 36.9 Å². The van der Waals surface area contributed by atoms with E-state index in [0.29, 0.717) is 25.5 Å². The Morgan fingerprint density at radius 1 is 1.21 bits per heavy atom. The number of hydrogen-bond acceptors (Lipinski definition) is 8. The second kappa shape index (κ2) is 11.0. The molecule has 0 amide bonds. The Morgan fingerprint density at radius 2 is 1.94 bits per heavy atom. The van der Waals surface area contributed by atoms with Gasteiger partial charge in [0.15, 0.2) is 17.0 Å². The normalized spacial score (nSPS) is 14.4. The molecule has 4 rings (SSSR count). The molecular weight excluding hydrogens is 454 g/mol. The fraction of sp³-hybridized carbons (Fsp3) is 0.375. The molecule has 0 aliphatic carbocycles. The Balaban J connectivity index is 1.52. The minimum atomic E-state index is 0.232. The van der Waals surface area contributed by atoms with E-state index in [1.54, 1.807) is 6.08 Å².